The Hall–Kier alpha value is -1.18. The van der Waals surface area contributed by atoms with E-state index in [0.717, 1.165) is 29.1 Å². The average Bonchev–Trinajstić information content (AvgIpc) is 3.12. The molecular weight excluding hydrogens is 330 g/mol. The van der Waals surface area contributed by atoms with Crippen LogP contribution in [0.1, 0.15) is 30.2 Å². The standard InChI is InChI=1S/C16H21N3O2S2/c1-10(14(20)17-7-4-8-21-2)22-15-13-11-5-3-6-12(11)23-16(13)19-9-18-15/h9-10H,3-8H2,1-2H3,(H,17,20). The summed E-state index contributed by atoms with van der Waals surface area (Å²) in [5, 5.41) is 4.89. The van der Waals surface area contributed by atoms with Gasteiger partial charge in [0.05, 0.1) is 5.25 Å². The minimum absolute atomic E-state index is 0.0461. The molecule has 1 aliphatic carbocycles. The van der Waals surface area contributed by atoms with Gasteiger partial charge in [0.1, 0.15) is 16.2 Å². The van der Waals surface area contributed by atoms with Crippen molar-refractivity contribution in [2.24, 2.45) is 0 Å². The molecule has 0 saturated carbocycles. The SMILES string of the molecule is COCCCNC(=O)C(C)Sc1ncnc2sc3c(c12)CCC3. The molecular formula is C16H21N3O2S2. The normalized spacial score (nSPS) is 14.9. The van der Waals surface area contributed by atoms with E-state index >= 15 is 0 Å². The predicted molar refractivity (Wildman–Crippen MR) is 94.3 cm³/mol. The monoisotopic (exact) mass is 351 g/mol. The van der Waals surface area contributed by atoms with E-state index < -0.39 is 0 Å². The summed E-state index contributed by atoms with van der Waals surface area (Å²) < 4.78 is 4.99. The number of carbonyl (C=O) groups is 1. The molecule has 1 atom stereocenters. The van der Waals surface area contributed by atoms with Crippen LogP contribution in [-0.4, -0.2) is 41.4 Å². The van der Waals surface area contributed by atoms with Gasteiger partial charge in [-0.2, -0.15) is 0 Å². The molecule has 0 radical (unpaired) electrons. The Morgan fingerprint density at radius 1 is 1.48 bits per heavy atom. The first-order valence-corrected chi connectivity index (χ1v) is 9.59. The fraction of sp³-hybridized carbons (Fsp3) is 0.562. The Bertz CT molecular complexity index is 702. The number of fused-ring (bicyclic) bond motifs is 3. The second-order valence-corrected chi connectivity index (χ2v) is 8.03. The Kier molecular flexibility index (Phi) is 5.50. The molecule has 0 bridgehead atoms. The van der Waals surface area contributed by atoms with Crippen LogP contribution in [0.25, 0.3) is 10.2 Å². The van der Waals surface area contributed by atoms with E-state index in [9.17, 15) is 4.79 Å². The van der Waals surface area contributed by atoms with E-state index in [2.05, 4.69) is 15.3 Å². The first-order chi connectivity index (χ1) is 11.2. The van der Waals surface area contributed by atoms with Crippen LogP contribution in [0.2, 0.25) is 0 Å². The van der Waals surface area contributed by atoms with Gasteiger partial charge in [0.25, 0.3) is 0 Å². The largest absolute Gasteiger partial charge is 0.385 e. The van der Waals surface area contributed by atoms with E-state index in [1.54, 1.807) is 24.8 Å². The first kappa shape index (κ1) is 16.7. The molecule has 5 nitrogen and oxygen atoms in total. The molecule has 23 heavy (non-hydrogen) atoms. The maximum absolute atomic E-state index is 12.2. The summed E-state index contributed by atoms with van der Waals surface area (Å²) in [4.78, 5) is 23.6. The maximum atomic E-state index is 12.2. The van der Waals surface area contributed by atoms with E-state index in [1.807, 2.05) is 6.92 Å². The Morgan fingerprint density at radius 3 is 3.17 bits per heavy atom. The number of rotatable bonds is 7. The van der Waals surface area contributed by atoms with Gasteiger partial charge in [-0.3, -0.25) is 4.79 Å². The topological polar surface area (TPSA) is 64.1 Å². The number of aromatic nitrogens is 2. The summed E-state index contributed by atoms with van der Waals surface area (Å²) >= 11 is 3.30. The van der Waals surface area contributed by atoms with Crippen LogP contribution in [0, 0.1) is 0 Å². The lowest BCUT2D eigenvalue weighted by atomic mass is 10.2. The lowest BCUT2D eigenvalue weighted by molar-refractivity contribution is -0.120. The summed E-state index contributed by atoms with van der Waals surface area (Å²) in [6.45, 7) is 3.23. The van der Waals surface area contributed by atoms with Crippen molar-refractivity contribution in [3.63, 3.8) is 0 Å². The molecule has 0 aliphatic heterocycles. The molecule has 1 unspecified atom stereocenters. The molecule has 7 heteroatoms. The quantitative estimate of drug-likeness (QED) is 0.472. The minimum atomic E-state index is -0.174. The fourth-order valence-corrected chi connectivity index (χ4v) is 5.05. The summed E-state index contributed by atoms with van der Waals surface area (Å²) in [5.74, 6) is 0.0461. The third-order valence-electron chi connectivity index (χ3n) is 3.95. The fourth-order valence-electron chi connectivity index (χ4n) is 2.78. The zero-order valence-corrected chi connectivity index (χ0v) is 15.1. The molecule has 0 fully saturated rings. The van der Waals surface area contributed by atoms with Crippen LogP contribution in [-0.2, 0) is 22.4 Å². The number of methoxy groups -OCH3 is 1. The average molecular weight is 351 g/mol. The van der Waals surface area contributed by atoms with E-state index in [1.165, 1.54) is 34.0 Å². The molecule has 1 aliphatic rings. The number of carbonyl (C=O) groups excluding carboxylic acids is 1. The van der Waals surface area contributed by atoms with Crippen LogP contribution in [0.5, 0.6) is 0 Å². The summed E-state index contributed by atoms with van der Waals surface area (Å²) in [6.07, 6.45) is 5.91. The highest BCUT2D eigenvalue weighted by Gasteiger charge is 2.23. The Morgan fingerprint density at radius 2 is 2.35 bits per heavy atom. The highest BCUT2D eigenvalue weighted by molar-refractivity contribution is 8.00. The van der Waals surface area contributed by atoms with E-state index in [4.69, 9.17) is 4.74 Å². The second kappa shape index (κ2) is 7.59. The third-order valence-corrected chi connectivity index (χ3v) is 6.25. The number of hydrogen-bond acceptors (Lipinski definition) is 6. The molecule has 3 rings (SSSR count). The molecule has 2 aromatic heterocycles. The van der Waals surface area contributed by atoms with Crippen LogP contribution in [0.3, 0.4) is 0 Å². The van der Waals surface area contributed by atoms with Gasteiger partial charge in [-0.05, 0) is 38.2 Å². The van der Waals surface area contributed by atoms with Gasteiger partial charge in [-0.1, -0.05) is 11.8 Å². The molecule has 0 saturated heterocycles. The summed E-state index contributed by atoms with van der Waals surface area (Å²) in [6, 6.07) is 0. The molecule has 0 aromatic carbocycles. The van der Waals surface area contributed by atoms with Crippen molar-refractivity contribution in [3.8, 4) is 0 Å². The summed E-state index contributed by atoms with van der Waals surface area (Å²) in [5.41, 5.74) is 1.40. The van der Waals surface area contributed by atoms with E-state index in [0.29, 0.717) is 13.2 Å². The number of nitrogens with one attached hydrogen (secondary N) is 1. The van der Waals surface area contributed by atoms with Gasteiger partial charge in [0, 0.05) is 30.5 Å². The Balaban J connectivity index is 1.70. The molecule has 1 amide bonds. The number of nitrogens with zero attached hydrogens (tertiary/aromatic N) is 2. The highest BCUT2D eigenvalue weighted by atomic mass is 32.2. The van der Waals surface area contributed by atoms with Gasteiger partial charge >= 0.3 is 0 Å². The summed E-state index contributed by atoms with van der Waals surface area (Å²) in [7, 11) is 1.67. The van der Waals surface area contributed by atoms with E-state index in [-0.39, 0.29) is 11.2 Å². The number of thioether (sulfide) groups is 1. The van der Waals surface area contributed by atoms with Crippen molar-refractivity contribution >= 4 is 39.2 Å². The van der Waals surface area contributed by atoms with Gasteiger partial charge in [0.2, 0.25) is 5.91 Å². The zero-order valence-electron chi connectivity index (χ0n) is 13.4. The van der Waals surface area contributed by atoms with Crippen molar-refractivity contribution in [1.82, 2.24) is 15.3 Å². The molecule has 124 valence electrons. The molecule has 1 N–H and O–H groups in total. The first-order valence-electron chi connectivity index (χ1n) is 7.89. The Labute approximate surface area is 144 Å². The number of ether oxygens (including phenoxy) is 1. The van der Waals surface area contributed by atoms with Crippen molar-refractivity contribution in [2.45, 2.75) is 42.9 Å². The molecule has 2 aromatic rings. The molecule has 2 heterocycles. The number of hydrogen-bond donors (Lipinski definition) is 1. The molecule has 0 spiro atoms. The second-order valence-electron chi connectivity index (χ2n) is 5.61. The van der Waals surface area contributed by atoms with Crippen molar-refractivity contribution in [2.75, 3.05) is 20.3 Å². The lowest BCUT2D eigenvalue weighted by Crippen LogP contribution is -2.32. The van der Waals surface area contributed by atoms with Crippen LogP contribution in [0.4, 0.5) is 0 Å². The smallest absolute Gasteiger partial charge is 0.233 e. The minimum Gasteiger partial charge on any atom is -0.385 e. The number of aryl methyl sites for hydroxylation is 2. The maximum Gasteiger partial charge on any atom is 0.233 e. The van der Waals surface area contributed by atoms with Gasteiger partial charge in [0.15, 0.2) is 0 Å². The van der Waals surface area contributed by atoms with Crippen LogP contribution in [0.15, 0.2) is 11.4 Å². The third kappa shape index (κ3) is 3.67. The van der Waals surface area contributed by atoms with Crippen molar-refractivity contribution < 1.29 is 9.53 Å². The van der Waals surface area contributed by atoms with Crippen molar-refractivity contribution in [3.05, 3.63) is 16.8 Å². The predicted octanol–water partition coefficient (Wildman–Crippen LogP) is 2.81. The van der Waals surface area contributed by atoms with Crippen molar-refractivity contribution in [1.29, 1.82) is 0 Å². The van der Waals surface area contributed by atoms with Crippen LogP contribution >= 0.6 is 23.1 Å². The zero-order chi connectivity index (χ0) is 16.2. The van der Waals surface area contributed by atoms with Gasteiger partial charge < -0.3 is 10.1 Å². The number of amides is 1. The van der Waals surface area contributed by atoms with Gasteiger partial charge in [-0.25, -0.2) is 9.97 Å². The highest BCUT2D eigenvalue weighted by Crippen LogP contribution is 2.40. The number of thiophene rings is 1. The van der Waals surface area contributed by atoms with Crippen LogP contribution < -0.4 is 5.32 Å². The van der Waals surface area contributed by atoms with Gasteiger partial charge in [-0.15, -0.1) is 11.3 Å². The lowest BCUT2D eigenvalue weighted by Gasteiger charge is -2.12.